The van der Waals surface area contributed by atoms with E-state index in [1.165, 1.54) is 0 Å². The average Bonchev–Trinajstić information content (AvgIpc) is 2.19. The van der Waals surface area contributed by atoms with Crippen LogP contribution in [0.3, 0.4) is 0 Å². The van der Waals surface area contributed by atoms with Crippen LogP contribution in [-0.4, -0.2) is 32.0 Å². The van der Waals surface area contributed by atoms with Gasteiger partial charge in [0, 0.05) is 25.9 Å². The first-order valence-electron chi connectivity index (χ1n) is 4.79. The second-order valence-electron chi connectivity index (χ2n) is 3.09. The molecule has 0 aliphatic heterocycles. The number of anilines is 1. The molecule has 0 aliphatic rings. The molecule has 3 nitrogen and oxygen atoms in total. The molecule has 1 aromatic carbocycles. The van der Waals surface area contributed by atoms with Crippen molar-refractivity contribution in [3.8, 4) is 0 Å². The number of hydrogen-bond donors (Lipinski definition) is 2. The van der Waals surface area contributed by atoms with Crippen molar-refractivity contribution in [1.29, 1.82) is 0 Å². The van der Waals surface area contributed by atoms with Gasteiger partial charge in [-0.25, -0.2) is 0 Å². The highest BCUT2D eigenvalue weighted by Crippen LogP contribution is 2.10. The Labute approximate surface area is 84.7 Å². The Kier molecular flexibility index (Phi) is 5.04. The Morgan fingerprint density at radius 2 is 2.29 bits per heavy atom. The van der Waals surface area contributed by atoms with Gasteiger partial charge in [0.25, 0.3) is 0 Å². The molecule has 0 saturated carbocycles. The molecule has 0 spiro atoms. The highest BCUT2D eigenvalue weighted by molar-refractivity contribution is 5.45. The predicted molar refractivity (Wildman–Crippen MR) is 57.6 cm³/mol. The van der Waals surface area contributed by atoms with Crippen LogP contribution in [0.4, 0.5) is 5.69 Å². The number of aliphatic hydroxyl groups is 1. The van der Waals surface area contributed by atoms with Crippen LogP contribution in [0.1, 0.15) is 5.56 Å². The number of ether oxygens (including phenoxy) is 1. The molecule has 0 heterocycles. The van der Waals surface area contributed by atoms with E-state index >= 15 is 0 Å². The Hall–Kier alpha value is -1.06. The molecule has 0 radical (unpaired) electrons. The highest BCUT2D eigenvalue weighted by Gasteiger charge is 1.94. The first kappa shape index (κ1) is 11.0. The van der Waals surface area contributed by atoms with E-state index in [9.17, 15) is 0 Å². The van der Waals surface area contributed by atoms with Crippen LogP contribution in [0.5, 0.6) is 0 Å². The topological polar surface area (TPSA) is 41.5 Å². The minimum Gasteiger partial charge on any atom is -0.396 e. The monoisotopic (exact) mass is 195 g/mol. The third-order valence-electron chi connectivity index (χ3n) is 1.96. The van der Waals surface area contributed by atoms with Crippen LogP contribution >= 0.6 is 0 Å². The summed E-state index contributed by atoms with van der Waals surface area (Å²) in [6.07, 6.45) is 0.708. The van der Waals surface area contributed by atoms with Crippen molar-refractivity contribution in [2.75, 3.05) is 32.2 Å². The van der Waals surface area contributed by atoms with Crippen LogP contribution < -0.4 is 5.32 Å². The van der Waals surface area contributed by atoms with Crippen molar-refractivity contribution in [3.63, 3.8) is 0 Å². The molecule has 3 heteroatoms. The Bertz CT molecular complexity index is 263. The summed E-state index contributed by atoms with van der Waals surface area (Å²) >= 11 is 0. The van der Waals surface area contributed by atoms with Crippen molar-refractivity contribution in [2.45, 2.75) is 6.42 Å². The molecule has 1 aromatic rings. The fourth-order valence-electron chi connectivity index (χ4n) is 1.26. The first-order chi connectivity index (χ1) is 6.86. The van der Waals surface area contributed by atoms with Gasteiger partial charge >= 0.3 is 0 Å². The quantitative estimate of drug-likeness (QED) is 0.672. The maximum atomic E-state index is 8.78. The smallest absolute Gasteiger partial charge is 0.0635 e. The molecule has 0 saturated heterocycles. The molecular weight excluding hydrogens is 178 g/mol. The van der Waals surface area contributed by atoms with Crippen LogP contribution in [0.15, 0.2) is 24.3 Å². The molecule has 0 aliphatic carbocycles. The van der Waals surface area contributed by atoms with Gasteiger partial charge in [-0.2, -0.15) is 0 Å². The summed E-state index contributed by atoms with van der Waals surface area (Å²) in [7, 11) is 1.68. The number of benzene rings is 1. The van der Waals surface area contributed by atoms with Crippen molar-refractivity contribution in [3.05, 3.63) is 29.8 Å². The third-order valence-corrected chi connectivity index (χ3v) is 1.96. The first-order valence-corrected chi connectivity index (χ1v) is 4.79. The minimum atomic E-state index is 0.196. The van der Waals surface area contributed by atoms with E-state index < -0.39 is 0 Å². The van der Waals surface area contributed by atoms with Crippen LogP contribution in [-0.2, 0) is 11.2 Å². The highest BCUT2D eigenvalue weighted by atomic mass is 16.5. The molecule has 0 bridgehead atoms. The number of aliphatic hydroxyl groups excluding tert-OH is 1. The van der Waals surface area contributed by atoms with Crippen molar-refractivity contribution < 1.29 is 9.84 Å². The summed E-state index contributed by atoms with van der Waals surface area (Å²) in [6.45, 7) is 1.70. The lowest BCUT2D eigenvalue weighted by atomic mass is 10.1. The molecule has 0 atom stereocenters. The summed E-state index contributed by atoms with van der Waals surface area (Å²) in [5.74, 6) is 0. The van der Waals surface area contributed by atoms with Crippen molar-refractivity contribution in [1.82, 2.24) is 0 Å². The minimum absolute atomic E-state index is 0.196. The molecule has 2 N–H and O–H groups in total. The summed E-state index contributed by atoms with van der Waals surface area (Å²) in [6, 6.07) is 8.06. The van der Waals surface area contributed by atoms with Gasteiger partial charge in [-0.05, 0) is 24.1 Å². The van der Waals surface area contributed by atoms with Crippen molar-refractivity contribution in [2.24, 2.45) is 0 Å². The molecule has 0 fully saturated rings. The standard InChI is InChI=1S/C11H17NO2/c1-14-8-6-12-11-4-2-3-10(9-11)5-7-13/h2-4,9,12-13H,5-8H2,1H3. The fraction of sp³-hybridized carbons (Fsp3) is 0.455. The zero-order chi connectivity index (χ0) is 10.2. The molecule has 14 heavy (non-hydrogen) atoms. The lowest BCUT2D eigenvalue weighted by Crippen LogP contribution is -2.07. The Balaban J connectivity index is 2.46. The second-order valence-corrected chi connectivity index (χ2v) is 3.09. The van der Waals surface area contributed by atoms with Gasteiger partial charge in [0.15, 0.2) is 0 Å². The number of hydrogen-bond acceptors (Lipinski definition) is 3. The summed E-state index contributed by atoms with van der Waals surface area (Å²) in [5.41, 5.74) is 2.22. The average molecular weight is 195 g/mol. The van der Waals surface area contributed by atoms with E-state index in [2.05, 4.69) is 5.32 Å². The molecular formula is C11H17NO2. The van der Waals surface area contributed by atoms with Crippen LogP contribution in [0.2, 0.25) is 0 Å². The predicted octanol–water partition coefficient (Wildman–Crippen LogP) is 1.28. The Morgan fingerprint density at radius 1 is 1.43 bits per heavy atom. The molecule has 0 amide bonds. The van der Waals surface area contributed by atoms with Crippen LogP contribution in [0.25, 0.3) is 0 Å². The normalized spacial score (nSPS) is 10.1. The maximum Gasteiger partial charge on any atom is 0.0635 e. The van der Waals surface area contributed by atoms with Gasteiger partial charge in [0.1, 0.15) is 0 Å². The van der Waals surface area contributed by atoms with E-state index in [0.717, 1.165) is 17.8 Å². The summed E-state index contributed by atoms with van der Waals surface area (Å²) in [5, 5.41) is 12.0. The number of methoxy groups -OCH3 is 1. The van der Waals surface area contributed by atoms with Crippen LogP contribution in [0, 0.1) is 0 Å². The fourth-order valence-corrected chi connectivity index (χ4v) is 1.26. The van der Waals surface area contributed by atoms with Gasteiger partial charge in [0.05, 0.1) is 6.61 Å². The Morgan fingerprint density at radius 3 is 3.00 bits per heavy atom. The van der Waals surface area contributed by atoms with E-state index in [-0.39, 0.29) is 6.61 Å². The third kappa shape index (κ3) is 3.77. The van der Waals surface area contributed by atoms with Crippen molar-refractivity contribution >= 4 is 5.69 Å². The SMILES string of the molecule is COCCNc1cccc(CCO)c1. The molecule has 1 rings (SSSR count). The largest absolute Gasteiger partial charge is 0.396 e. The maximum absolute atomic E-state index is 8.78. The summed E-state index contributed by atoms with van der Waals surface area (Å²) in [4.78, 5) is 0. The van der Waals surface area contributed by atoms with Gasteiger partial charge in [-0.1, -0.05) is 12.1 Å². The zero-order valence-electron chi connectivity index (χ0n) is 8.49. The van der Waals surface area contributed by atoms with Gasteiger partial charge in [0.2, 0.25) is 0 Å². The van der Waals surface area contributed by atoms with Gasteiger partial charge < -0.3 is 15.2 Å². The van der Waals surface area contributed by atoms with E-state index in [1.807, 2.05) is 24.3 Å². The lowest BCUT2D eigenvalue weighted by Gasteiger charge is -2.07. The molecule has 0 unspecified atom stereocenters. The number of rotatable bonds is 6. The van der Waals surface area contributed by atoms with E-state index in [1.54, 1.807) is 7.11 Å². The number of nitrogens with one attached hydrogen (secondary N) is 1. The molecule has 0 aromatic heterocycles. The zero-order valence-corrected chi connectivity index (χ0v) is 8.49. The summed E-state index contributed by atoms with van der Waals surface area (Å²) < 4.78 is 4.94. The molecule has 78 valence electrons. The van der Waals surface area contributed by atoms with E-state index in [4.69, 9.17) is 9.84 Å². The van der Waals surface area contributed by atoms with Gasteiger partial charge in [-0.3, -0.25) is 0 Å². The second kappa shape index (κ2) is 6.40. The lowest BCUT2D eigenvalue weighted by molar-refractivity contribution is 0.211. The van der Waals surface area contributed by atoms with E-state index in [0.29, 0.717) is 13.0 Å². The van der Waals surface area contributed by atoms with Gasteiger partial charge in [-0.15, -0.1) is 0 Å².